The fraction of sp³-hybridized carbons (Fsp3) is 1.00. The smallest absolute Gasteiger partial charge is 0.190 e. The SMILES string of the molecule is C[N]C(F)F. The van der Waals surface area contributed by atoms with E-state index in [1.54, 1.807) is 0 Å². The quantitative estimate of drug-likeness (QED) is 0.406. The van der Waals surface area contributed by atoms with E-state index in [2.05, 4.69) is 5.32 Å². The fourth-order valence-electron chi connectivity index (χ4n) is 0. The minimum atomic E-state index is -2.49. The highest BCUT2D eigenvalue weighted by Crippen LogP contribution is 1.80. The van der Waals surface area contributed by atoms with Gasteiger partial charge < -0.3 is 0 Å². The van der Waals surface area contributed by atoms with Crippen LogP contribution in [0.4, 0.5) is 8.78 Å². The highest BCUT2D eigenvalue weighted by Gasteiger charge is 1.91. The number of nitrogens with zero attached hydrogens (tertiary/aromatic N) is 1. The third kappa shape index (κ3) is 3.82. The molecule has 0 aromatic rings. The molecular weight excluding hydrogens is 76.0 g/mol. The summed E-state index contributed by atoms with van der Waals surface area (Å²) in [4.78, 5) is 0. The van der Waals surface area contributed by atoms with E-state index in [9.17, 15) is 8.78 Å². The second-order valence-corrected chi connectivity index (χ2v) is 0.536. The van der Waals surface area contributed by atoms with E-state index in [4.69, 9.17) is 0 Å². The van der Waals surface area contributed by atoms with Gasteiger partial charge >= 0.3 is 6.55 Å². The molecule has 0 unspecified atom stereocenters. The van der Waals surface area contributed by atoms with Crippen LogP contribution < -0.4 is 5.32 Å². The normalized spacial score (nSPS) is 9.60. The van der Waals surface area contributed by atoms with Crippen molar-refractivity contribution in [1.82, 2.24) is 5.32 Å². The van der Waals surface area contributed by atoms with Gasteiger partial charge in [-0.2, -0.15) is 14.1 Å². The topological polar surface area (TPSA) is 14.1 Å². The predicted molar refractivity (Wildman–Crippen MR) is 14.1 cm³/mol. The van der Waals surface area contributed by atoms with Crippen molar-refractivity contribution < 1.29 is 8.78 Å². The molecule has 0 aliphatic heterocycles. The molecule has 0 saturated heterocycles. The van der Waals surface area contributed by atoms with Crippen LogP contribution in [-0.4, -0.2) is 13.6 Å². The van der Waals surface area contributed by atoms with E-state index >= 15 is 0 Å². The third-order valence-electron chi connectivity index (χ3n) is 0.195. The van der Waals surface area contributed by atoms with Gasteiger partial charge in [0.2, 0.25) is 0 Å². The molecule has 0 aromatic carbocycles. The fourth-order valence-corrected chi connectivity index (χ4v) is 0. The van der Waals surface area contributed by atoms with Crippen molar-refractivity contribution in [3.8, 4) is 0 Å². The summed E-state index contributed by atoms with van der Waals surface area (Å²) in [6.07, 6.45) is 0. The number of hydrogen-bond acceptors (Lipinski definition) is 0. The largest absolute Gasteiger partial charge is 0.306 e. The third-order valence-corrected chi connectivity index (χ3v) is 0.195. The Morgan fingerprint density at radius 2 is 1.80 bits per heavy atom. The Morgan fingerprint density at radius 1 is 1.60 bits per heavy atom. The van der Waals surface area contributed by atoms with Crippen LogP contribution >= 0.6 is 0 Å². The Bertz CT molecular complexity index is 21.6. The van der Waals surface area contributed by atoms with Gasteiger partial charge in [-0.3, -0.25) is 0 Å². The lowest BCUT2D eigenvalue weighted by Gasteiger charge is -1.82. The standard InChI is InChI=1S/C2H4F2N/c1-5-2(3)4/h2H,1H3. The van der Waals surface area contributed by atoms with Crippen molar-refractivity contribution in [3.05, 3.63) is 0 Å². The van der Waals surface area contributed by atoms with Gasteiger partial charge in [0.05, 0.1) is 0 Å². The molecule has 1 nitrogen and oxygen atoms in total. The molecule has 0 aliphatic rings. The molecule has 0 saturated carbocycles. The molecule has 1 radical (unpaired) electrons. The Hall–Kier alpha value is -0.180. The van der Waals surface area contributed by atoms with Crippen molar-refractivity contribution in [2.45, 2.75) is 6.55 Å². The lowest BCUT2D eigenvalue weighted by atomic mass is 11.2. The molecular formula is C2H4F2N. The molecule has 0 rings (SSSR count). The molecule has 0 bridgehead atoms. The van der Waals surface area contributed by atoms with E-state index < -0.39 is 6.55 Å². The lowest BCUT2D eigenvalue weighted by molar-refractivity contribution is 0.114. The summed E-state index contributed by atoms with van der Waals surface area (Å²) in [6, 6.07) is 0. The van der Waals surface area contributed by atoms with Crippen LogP contribution in [-0.2, 0) is 0 Å². The molecule has 0 heterocycles. The maximum atomic E-state index is 10.6. The van der Waals surface area contributed by atoms with Gasteiger partial charge in [-0.05, 0) is 0 Å². The minimum absolute atomic E-state index is 1.07. The summed E-state index contributed by atoms with van der Waals surface area (Å²) in [7, 11) is 1.07. The first-order valence-corrected chi connectivity index (χ1v) is 1.14. The van der Waals surface area contributed by atoms with Crippen molar-refractivity contribution in [2.24, 2.45) is 0 Å². The van der Waals surface area contributed by atoms with Crippen molar-refractivity contribution >= 4 is 0 Å². The number of rotatable bonds is 1. The first kappa shape index (κ1) is 4.82. The van der Waals surface area contributed by atoms with Gasteiger partial charge in [0.25, 0.3) is 0 Å². The molecule has 3 heteroatoms. The molecule has 31 valence electrons. The molecule has 0 amide bonds. The maximum Gasteiger partial charge on any atom is 0.306 e. The molecule has 0 aromatic heterocycles. The summed E-state index contributed by atoms with van der Waals surface area (Å²) < 4.78 is 21.2. The number of hydrogen-bond donors (Lipinski definition) is 0. The highest BCUT2D eigenvalue weighted by atomic mass is 19.3. The van der Waals surface area contributed by atoms with E-state index in [1.165, 1.54) is 0 Å². The second kappa shape index (κ2) is 2.08. The summed E-state index contributed by atoms with van der Waals surface area (Å²) in [6.45, 7) is -2.49. The average molecular weight is 80.1 g/mol. The first-order valence-electron chi connectivity index (χ1n) is 1.14. The van der Waals surface area contributed by atoms with Gasteiger partial charge in [0.1, 0.15) is 0 Å². The van der Waals surface area contributed by atoms with Crippen LogP contribution in [0, 0.1) is 0 Å². The molecule has 0 N–H and O–H groups in total. The van der Waals surface area contributed by atoms with E-state index in [1.807, 2.05) is 0 Å². The van der Waals surface area contributed by atoms with Gasteiger partial charge in [-0.15, -0.1) is 0 Å². The van der Waals surface area contributed by atoms with Crippen LogP contribution in [0.3, 0.4) is 0 Å². The second-order valence-electron chi connectivity index (χ2n) is 0.536. The molecule has 0 atom stereocenters. The summed E-state index contributed by atoms with van der Waals surface area (Å²) >= 11 is 0. The Balaban J connectivity index is 2.54. The Kier molecular flexibility index (Phi) is 2.01. The zero-order valence-corrected chi connectivity index (χ0v) is 2.78. The highest BCUT2D eigenvalue weighted by molar-refractivity contribution is 4.16. The molecule has 0 aliphatic carbocycles. The minimum Gasteiger partial charge on any atom is -0.190 e. The van der Waals surface area contributed by atoms with Crippen LogP contribution in [0.25, 0.3) is 0 Å². The van der Waals surface area contributed by atoms with E-state index in [0.717, 1.165) is 7.05 Å². The van der Waals surface area contributed by atoms with Crippen molar-refractivity contribution in [1.29, 1.82) is 0 Å². The van der Waals surface area contributed by atoms with Gasteiger partial charge in [-0.25, -0.2) is 0 Å². The van der Waals surface area contributed by atoms with E-state index in [0.29, 0.717) is 0 Å². The molecule has 5 heavy (non-hydrogen) atoms. The van der Waals surface area contributed by atoms with Gasteiger partial charge in [0.15, 0.2) is 0 Å². The van der Waals surface area contributed by atoms with Gasteiger partial charge in [0, 0.05) is 7.05 Å². The van der Waals surface area contributed by atoms with Crippen LogP contribution in [0.15, 0.2) is 0 Å². The van der Waals surface area contributed by atoms with Gasteiger partial charge in [-0.1, -0.05) is 0 Å². The monoisotopic (exact) mass is 80.0 g/mol. The summed E-state index contributed by atoms with van der Waals surface area (Å²) in [5.74, 6) is 0. The van der Waals surface area contributed by atoms with Crippen molar-refractivity contribution in [3.63, 3.8) is 0 Å². The zero-order chi connectivity index (χ0) is 4.28. The summed E-state index contributed by atoms with van der Waals surface area (Å²) in [5, 5.41) is 2.56. The first-order chi connectivity index (χ1) is 2.27. The average Bonchev–Trinajstić information content (AvgIpc) is 1.38. The molecule has 0 spiro atoms. The molecule has 0 fully saturated rings. The number of alkyl halides is 2. The Morgan fingerprint density at radius 3 is 1.80 bits per heavy atom. The predicted octanol–water partition coefficient (Wildman–Crippen LogP) is 0.443. The lowest BCUT2D eigenvalue weighted by Crippen LogP contribution is -2.03. The van der Waals surface area contributed by atoms with Crippen LogP contribution in [0.2, 0.25) is 0 Å². The van der Waals surface area contributed by atoms with Crippen LogP contribution in [0.5, 0.6) is 0 Å². The maximum absolute atomic E-state index is 10.6. The van der Waals surface area contributed by atoms with E-state index in [-0.39, 0.29) is 0 Å². The zero-order valence-electron chi connectivity index (χ0n) is 2.78. The van der Waals surface area contributed by atoms with Crippen LogP contribution in [0.1, 0.15) is 0 Å². The Labute approximate surface area is 29.0 Å². The number of halogens is 2. The van der Waals surface area contributed by atoms with Crippen molar-refractivity contribution in [2.75, 3.05) is 7.05 Å². The summed E-state index contributed by atoms with van der Waals surface area (Å²) in [5.41, 5.74) is 0.